The number of carbonyl (C=O) groups excluding carboxylic acids is 2. The SMILES string of the molecule is CC(CN1CCCCC1NC(=O)C1CCCCC1)c1ccc(C(=O)c2ccccc2)cc1. The van der Waals surface area contributed by atoms with Crippen LogP contribution in [-0.4, -0.2) is 35.8 Å². The van der Waals surface area contributed by atoms with E-state index in [9.17, 15) is 9.59 Å². The zero-order chi connectivity index (χ0) is 22.3. The third-order valence-corrected chi connectivity index (χ3v) is 7.18. The van der Waals surface area contributed by atoms with Crippen LogP contribution in [0.4, 0.5) is 0 Å². The van der Waals surface area contributed by atoms with Crippen LogP contribution >= 0.6 is 0 Å². The van der Waals surface area contributed by atoms with E-state index in [1.54, 1.807) is 0 Å². The number of hydrogen-bond acceptors (Lipinski definition) is 3. The molecule has 0 radical (unpaired) electrons. The Morgan fingerprint density at radius 1 is 0.875 bits per heavy atom. The minimum Gasteiger partial charge on any atom is -0.340 e. The molecule has 1 amide bonds. The number of benzene rings is 2. The fourth-order valence-corrected chi connectivity index (χ4v) is 5.20. The quantitative estimate of drug-likeness (QED) is 0.585. The molecule has 1 heterocycles. The number of nitrogens with zero attached hydrogens (tertiary/aromatic N) is 1. The van der Waals surface area contributed by atoms with Crippen molar-refractivity contribution in [1.29, 1.82) is 0 Å². The van der Waals surface area contributed by atoms with Gasteiger partial charge in [-0.1, -0.05) is 80.8 Å². The van der Waals surface area contributed by atoms with Crippen LogP contribution in [0.1, 0.15) is 85.7 Å². The first-order valence-electron chi connectivity index (χ1n) is 12.4. The zero-order valence-corrected chi connectivity index (χ0v) is 19.3. The molecule has 0 bridgehead atoms. The van der Waals surface area contributed by atoms with Crippen molar-refractivity contribution in [3.63, 3.8) is 0 Å². The summed E-state index contributed by atoms with van der Waals surface area (Å²) in [5, 5.41) is 3.38. The highest BCUT2D eigenvalue weighted by atomic mass is 16.2. The molecular weight excluding hydrogens is 396 g/mol. The third kappa shape index (κ3) is 5.66. The molecule has 1 aliphatic carbocycles. The van der Waals surface area contributed by atoms with E-state index in [0.29, 0.717) is 5.92 Å². The highest BCUT2D eigenvalue weighted by Gasteiger charge is 2.29. The molecule has 0 spiro atoms. The van der Waals surface area contributed by atoms with Crippen molar-refractivity contribution in [1.82, 2.24) is 10.2 Å². The fraction of sp³-hybridized carbons (Fsp3) is 0.500. The normalized spacial score (nSPS) is 21.1. The van der Waals surface area contributed by atoms with Crippen molar-refractivity contribution in [2.75, 3.05) is 13.1 Å². The van der Waals surface area contributed by atoms with Gasteiger partial charge in [-0.3, -0.25) is 14.5 Å². The molecule has 0 aromatic heterocycles. The summed E-state index contributed by atoms with van der Waals surface area (Å²) in [6.45, 7) is 4.19. The molecule has 1 N–H and O–H groups in total. The first-order valence-corrected chi connectivity index (χ1v) is 12.4. The molecule has 2 unspecified atom stereocenters. The van der Waals surface area contributed by atoms with Gasteiger partial charge in [0.05, 0.1) is 6.17 Å². The number of amides is 1. The van der Waals surface area contributed by atoms with E-state index in [-0.39, 0.29) is 23.8 Å². The molecule has 2 aliphatic rings. The molecule has 1 saturated heterocycles. The number of nitrogens with one attached hydrogen (secondary N) is 1. The van der Waals surface area contributed by atoms with Gasteiger partial charge in [0.25, 0.3) is 0 Å². The molecule has 2 fully saturated rings. The van der Waals surface area contributed by atoms with Crippen molar-refractivity contribution >= 4 is 11.7 Å². The number of rotatable bonds is 7. The standard InChI is InChI=1S/C28H36N2O2/c1-21(22-15-17-24(18-16-22)27(31)23-10-4-2-5-11-23)20-30-19-9-8-14-26(30)29-28(32)25-12-6-3-7-13-25/h2,4-5,10-11,15-18,21,25-26H,3,6-9,12-14,19-20H2,1H3,(H,29,32). The maximum Gasteiger partial charge on any atom is 0.224 e. The van der Waals surface area contributed by atoms with Gasteiger partial charge in [-0.15, -0.1) is 0 Å². The predicted octanol–water partition coefficient (Wildman–Crippen LogP) is 5.53. The van der Waals surface area contributed by atoms with Gasteiger partial charge in [-0.25, -0.2) is 0 Å². The molecule has 2 aromatic carbocycles. The van der Waals surface area contributed by atoms with Crippen molar-refractivity contribution in [3.8, 4) is 0 Å². The lowest BCUT2D eigenvalue weighted by Gasteiger charge is -2.38. The topological polar surface area (TPSA) is 49.4 Å². The largest absolute Gasteiger partial charge is 0.340 e. The molecule has 1 aliphatic heterocycles. The second-order valence-electron chi connectivity index (χ2n) is 9.57. The smallest absolute Gasteiger partial charge is 0.224 e. The van der Waals surface area contributed by atoms with Gasteiger partial charge in [-0.05, 0) is 43.6 Å². The van der Waals surface area contributed by atoms with Crippen molar-refractivity contribution in [3.05, 3.63) is 71.3 Å². The first kappa shape index (κ1) is 22.7. The lowest BCUT2D eigenvalue weighted by Crippen LogP contribution is -2.53. The lowest BCUT2D eigenvalue weighted by atomic mass is 9.88. The maximum absolute atomic E-state index is 12.8. The van der Waals surface area contributed by atoms with Crippen LogP contribution in [0.5, 0.6) is 0 Å². The van der Waals surface area contributed by atoms with Crippen LogP contribution in [-0.2, 0) is 4.79 Å². The van der Waals surface area contributed by atoms with E-state index < -0.39 is 0 Å². The minimum atomic E-state index is 0.0614. The van der Waals surface area contributed by atoms with Crippen LogP contribution in [0.25, 0.3) is 0 Å². The Morgan fingerprint density at radius 3 is 2.25 bits per heavy atom. The molecule has 2 atom stereocenters. The highest BCUT2D eigenvalue weighted by Crippen LogP contribution is 2.26. The Balaban J connectivity index is 1.36. The molecule has 1 saturated carbocycles. The molecule has 32 heavy (non-hydrogen) atoms. The second kappa shape index (κ2) is 10.9. The summed E-state index contributed by atoms with van der Waals surface area (Å²) in [5.74, 6) is 0.868. The molecule has 4 rings (SSSR count). The Hall–Kier alpha value is -2.46. The fourth-order valence-electron chi connectivity index (χ4n) is 5.20. The van der Waals surface area contributed by atoms with Crippen LogP contribution in [0.15, 0.2) is 54.6 Å². The average molecular weight is 433 g/mol. The molecule has 2 aromatic rings. The van der Waals surface area contributed by atoms with Crippen molar-refractivity contribution in [2.45, 2.75) is 70.4 Å². The summed E-state index contributed by atoms with van der Waals surface area (Å²) in [5.41, 5.74) is 2.68. The Labute approximate surface area is 192 Å². The summed E-state index contributed by atoms with van der Waals surface area (Å²) in [7, 11) is 0. The van der Waals surface area contributed by atoms with Crippen molar-refractivity contribution in [2.24, 2.45) is 5.92 Å². The number of carbonyl (C=O) groups is 2. The molecule has 170 valence electrons. The van der Waals surface area contributed by atoms with E-state index in [0.717, 1.165) is 43.5 Å². The monoisotopic (exact) mass is 432 g/mol. The van der Waals surface area contributed by atoms with Crippen LogP contribution in [0.3, 0.4) is 0 Å². The van der Waals surface area contributed by atoms with Crippen molar-refractivity contribution < 1.29 is 9.59 Å². The summed E-state index contributed by atoms with van der Waals surface area (Å²) >= 11 is 0. The maximum atomic E-state index is 12.8. The molecular formula is C28H36N2O2. The van der Waals surface area contributed by atoms with Gasteiger partial charge in [-0.2, -0.15) is 0 Å². The van der Waals surface area contributed by atoms with Crippen LogP contribution in [0, 0.1) is 5.92 Å². The first-order chi connectivity index (χ1) is 15.6. The summed E-state index contributed by atoms with van der Waals surface area (Å²) in [6.07, 6.45) is 9.29. The van der Waals surface area contributed by atoms with Crippen LogP contribution < -0.4 is 5.32 Å². The number of ketones is 1. The molecule has 4 heteroatoms. The van der Waals surface area contributed by atoms with E-state index in [1.807, 2.05) is 42.5 Å². The van der Waals surface area contributed by atoms with Crippen LogP contribution in [0.2, 0.25) is 0 Å². The number of hydrogen-bond donors (Lipinski definition) is 1. The average Bonchev–Trinajstić information content (AvgIpc) is 2.86. The number of piperidine rings is 1. The zero-order valence-electron chi connectivity index (χ0n) is 19.3. The summed E-state index contributed by atoms with van der Waals surface area (Å²) < 4.78 is 0. The highest BCUT2D eigenvalue weighted by molar-refractivity contribution is 6.08. The summed E-state index contributed by atoms with van der Waals surface area (Å²) in [4.78, 5) is 27.9. The van der Waals surface area contributed by atoms with Gasteiger partial charge < -0.3 is 5.32 Å². The van der Waals surface area contributed by atoms with Gasteiger partial charge in [0, 0.05) is 30.1 Å². The van der Waals surface area contributed by atoms with Gasteiger partial charge >= 0.3 is 0 Å². The second-order valence-corrected chi connectivity index (χ2v) is 9.57. The lowest BCUT2D eigenvalue weighted by molar-refractivity contribution is -0.128. The van der Waals surface area contributed by atoms with Gasteiger partial charge in [0.15, 0.2) is 5.78 Å². The Morgan fingerprint density at radius 2 is 1.53 bits per heavy atom. The molecule has 4 nitrogen and oxygen atoms in total. The van der Waals surface area contributed by atoms with E-state index in [1.165, 1.54) is 37.7 Å². The van der Waals surface area contributed by atoms with E-state index in [4.69, 9.17) is 0 Å². The Bertz CT molecular complexity index is 887. The number of likely N-dealkylation sites (tertiary alicyclic amines) is 1. The third-order valence-electron chi connectivity index (χ3n) is 7.18. The van der Waals surface area contributed by atoms with E-state index >= 15 is 0 Å². The Kier molecular flexibility index (Phi) is 7.75. The minimum absolute atomic E-state index is 0.0614. The van der Waals surface area contributed by atoms with E-state index in [2.05, 4.69) is 29.3 Å². The van der Waals surface area contributed by atoms with Gasteiger partial charge in [0.2, 0.25) is 5.91 Å². The van der Waals surface area contributed by atoms with Gasteiger partial charge in [0.1, 0.15) is 0 Å². The summed E-state index contributed by atoms with van der Waals surface area (Å²) in [6, 6.07) is 17.5. The predicted molar refractivity (Wildman–Crippen MR) is 129 cm³/mol.